The largest absolute Gasteiger partial charge is 0.497 e. The Morgan fingerprint density at radius 3 is 2.90 bits per heavy atom. The SMILES string of the molecule is COc1ccc(Oc2cccc3nccn23)c(C(=O)O)c1. The summed E-state index contributed by atoms with van der Waals surface area (Å²) in [5.41, 5.74) is 0.754. The lowest BCUT2D eigenvalue weighted by Crippen LogP contribution is -2.02. The maximum Gasteiger partial charge on any atom is 0.339 e. The quantitative estimate of drug-likeness (QED) is 0.797. The van der Waals surface area contributed by atoms with Gasteiger partial charge in [-0.05, 0) is 30.3 Å². The summed E-state index contributed by atoms with van der Waals surface area (Å²) in [6.45, 7) is 0. The van der Waals surface area contributed by atoms with Crippen molar-refractivity contribution in [3.63, 3.8) is 0 Å². The van der Waals surface area contributed by atoms with Crippen LogP contribution in [0.4, 0.5) is 0 Å². The van der Waals surface area contributed by atoms with Gasteiger partial charge in [-0.3, -0.25) is 4.40 Å². The molecule has 2 heterocycles. The van der Waals surface area contributed by atoms with Gasteiger partial charge in [0, 0.05) is 12.4 Å². The Bertz CT molecular complexity index is 810. The van der Waals surface area contributed by atoms with Gasteiger partial charge in [-0.15, -0.1) is 0 Å². The summed E-state index contributed by atoms with van der Waals surface area (Å²) in [4.78, 5) is 15.5. The second-order valence-corrected chi connectivity index (χ2v) is 4.29. The number of aromatic nitrogens is 2. The number of carboxylic acids is 1. The Hall–Kier alpha value is -3.02. The third-order valence-electron chi connectivity index (χ3n) is 3.02. The number of benzene rings is 1. The zero-order valence-electron chi connectivity index (χ0n) is 11.2. The van der Waals surface area contributed by atoms with E-state index in [0.29, 0.717) is 11.6 Å². The number of nitrogens with zero attached hydrogens (tertiary/aromatic N) is 2. The van der Waals surface area contributed by atoms with Gasteiger partial charge in [0.25, 0.3) is 0 Å². The molecule has 1 aromatic carbocycles. The Morgan fingerprint density at radius 2 is 2.14 bits per heavy atom. The zero-order chi connectivity index (χ0) is 14.8. The number of methoxy groups -OCH3 is 1. The van der Waals surface area contributed by atoms with Crippen LogP contribution < -0.4 is 9.47 Å². The van der Waals surface area contributed by atoms with Crippen LogP contribution in [-0.4, -0.2) is 27.6 Å². The summed E-state index contributed by atoms with van der Waals surface area (Å²) >= 11 is 0. The molecule has 0 atom stereocenters. The van der Waals surface area contributed by atoms with Crippen LogP contribution in [0.15, 0.2) is 48.8 Å². The van der Waals surface area contributed by atoms with Gasteiger partial charge in [0.15, 0.2) is 0 Å². The fourth-order valence-corrected chi connectivity index (χ4v) is 2.01. The van der Waals surface area contributed by atoms with Crippen LogP contribution in [0.25, 0.3) is 5.65 Å². The van der Waals surface area contributed by atoms with E-state index in [1.54, 1.807) is 41.1 Å². The Kier molecular flexibility index (Phi) is 3.19. The van der Waals surface area contributed by atoms with Gasteiger partial charge in [0.05, 0.1) is 7.11 Å². The van der Waals surface area contributed by atoms with Crippen LogP contribution in [0.2, 0.25) is 0 Å². The summed E-state index contributed by atoms with van der Waals surface area (Å²) in [5.74, 6) is 0.101. The average Bonchev–Trinajstić information content (AvgIpc) is 2.97. The molecule has 1 N–H and O–H groups in total. The van der Waals surface area contributed by atoms with Gasteiger partial charge in [0.1, 0.15) is 22.7 Å². The highest BCUT2D eigenvalue weighted by atomic mass is 16.5. The summed E-state index contributed by atoms with van der Waals surface area (Å²) in [6.07, 6.45) is 3.39. The van der Waals surface area contributed by atoms with Gasteiger partial charge >= 0.3 is 5.97 Å². The van der Waals surface area contributed by atoms with Crippen molar-refractivity contribution in [3.05, 3.63) is 54.4 Å². The molecule has 0 saturated heterocycles. The molecule has 3 aromatic rings. The van der Waals surface area contributed by atoms with Crippen LogP contribution in [-0.2, 0) is 0 Å². The van der Waals surface area contributed by atoms with E-state index < -0.39 is 5.97 Å². The highest BCUT2D eigenvalue weighted by Gasteiger charge is 2.14. The minimum atomic E-state index is -1.08. The number of carboxylic acid groups (broad SMARTS) is 1. The zero-order valence-corrected chi connectivity index (χ0v) is 11.2. The van der Waals surface area contributed by atoms with E-state index in [0.717, 1.165) is 5.65 Å². The first-order chi connectivity index (χ1) is 10.2. The van der Waals surface area contributed by atoms with Gasteiger partial charge < -0.3 is 14.6 Å². The highest BCUT2D eigenvalue weighted by molar-refractivity contribution is 5.91. The molecule has 21 heavy (non-hydrogen) atoms. The number of rotatable bonds is 4. The minimum absolute atomic E-state index is 0.0338. The number of hydrogen-bond acceptors (Lipinski definition) is 4. The van der Waals surface area contributed by atoms with Gasteiger partial charge in [-0.2, -0.15) is 0 Å². The molecule has 6 nitrogen and oxygen atoms in total. The van der Waals surface area contributed by atoms with E-state index in [1.165, 1.54) is 13.2 Å². The van der Waals surface area contributed by atoms with Crippen molar-refractivity contribution in [3.8, 4) is 17.4 Å². The highest BCUT2D eigenvalue weighted by Crippen LogP contribution is 2.29. The van der Waals surface area contributed by atoms with Crippen LogP contribution in [0.1, 0.15) is 10.4 Å². The molecule has 106 valence electrons. The standard InChI is InChI=1S/C15H12N2O4/c1-20-10-5-6-12(11(9-10)15(18)19)21-14-4-2-3-13-16-7-8-17(13)14/h2-9H,1H3,(H,18,19). The fraction of sp³-hybridized carbons (Fsp3) is 0.0667. The van der Waals surface area contributed by atoms with Crippen LogP contribution in [0, 0.1) is 0 Å². The van der Waals surface area contributed by atoms with Gasteiger partial charge in [0.2, 0.25) is 5.88 Å². The molecule has 2 aromatic heterocycles. The van der Waals surface area contributed by atoms with Crippen molar-refractivity contribution < 1.29 is 19.4 Å². The normalized spacial score (nSPS) is 10.5. The molecule has 3 rings (SSSR count). The number of carbonyl (C=O) groups is 1. The lowest BCUT2D eigenvalue weighted by molar-refractivity contribution is 0.0693. The second-order valence-electron chi connectivity index (χ2n) is 4.29. The molecule has 0 saturated carbocycles. The lowest BCUT2D eigenvalue weighted by atomic mass is 10.2. The number of ether oxygens (including phenoxy) is 2. The third kappa shape index (κ3) is 2.38. The molecule has 0 aliphatic heterocycles. The fourth-order valence-electron chi connectivity index (χ4n) is 2.01. The summed E-state index contributed by atoms with van der Waals surface area (Å²) in [5, 5.41) is 9.28. The van der Waals surface area contributed by atoms with Crippen LogP contribution in [0.5, 0.6) is 17.4 Å². The monoisotopic (exact) mass is 284 g/mol. The number of hydrogen-bond donors (Lipinski definition) is 1. The molecule has 0 radical (unpaired) electrons. The van der Waals surface area contributed by atoms with Crippen molar-refractivity contribution in [1.29, 1.82) is 0 Å². The molecule has 6 heteroatoms. The predicted octanol–water partition coefficient (Wildman–Crippen LogP) is 2.83. The molecular weight excluding hydrogens is 272 g/mol. The maximum atomic E-state index is 11.3. The molecule has 0 bridgehead atoms. The van der Waals surface area contributed by atoms with E-state index in [-0.39, 0.29) is 11.3 Å². The van der Waals surface area contributed by atoms with Crippen LogP contribution >= 0.6 is 0 Å². The number of pyridine rings is 1. The number of aromatic carboxylic acids is 1. The summed E-state index contributed by atoms with van der Waals surface area (Å²) in [7, 11) is 1.48. The van der Waals surface area contributed by atoms with Crippen molar-refractivity contribution in [2.24, 2.45) is 0 Å². The molecule has 0 unspecified atom stereocenters. The molecule has 0 amide bonds. The van der Waals surface area contributed by atoms with E-state index in [2.05, 4.69) is 4.98 Å². The van der Waals surface area contributed by atoms with Crippen LogP contribution in [0.3, 0.4) is 0 Å². The first kappa shape index (κ1) is 13.0. The van der Waals surface area contributed by atoms with Crippen molar-refractivity contribution in [2.75, 3.05) is 7.11 Å². The second kappa shape index (κ2) is 5.16. The smallest absolute Gasteiger partial charge is 0.339 e. The first-order valence-corrected chi connectivity index (χ1v) is 6.20. The maximum absolute atomic E-state index is 11.3. The van der Waals surface area contributed by atoms with E-state index in [4.69, 9.17) is 9.47 Å². The van der Waals surface area contributed by atoms with Crippen molar-refractivity contribution >= 4 is 11.6 Å². The molecular formula is C15H12N2O4. The van der Waals surface area contributed by atoms with E-state index >= 15 is 0 Å². The van der Waals surface area contributed by atoms with E-state index in [9.17, 15) is 9.90 Å². The Morgan fingerprint density at radius 1 is 1.29 bits per heavy atom. The minimum Gasteiger partial charge on any atom is -0.497 e. The van der Waals surface area contributed by atoms with Gasteiger partial charge in [-0.1, -0.05) is 6.07 Å². The third-order valence-corrected chi connectivity index (χ3v) is 3.02. The lowest BCUT2D eigenvalue weighted by Gasteiger charge is -2.11. The molecule has 0 aliphatic rings. The molecule has 0 aliphatic carbocycles. The summed E-state index contributed by atoms with van der Waals surface area (Å²) in [6, 6.07) is 10.0. The average molecular weight is 284 g/mol. The number of fused-ring (bicyclic) bond motifs is 1. The van der Waals surface area contributed by atoms with Gasteiger partial charge in [-0.25, -0.2) is 9.78 Å². The Labute approximate surface area is 120 Å². The topological polar surface area (TPSA) is 73.1 Å². The van der Waals surface area contributed by atoms with Crippen molar-refractivity contribution in [1.82, 2.24) is 9.38 Å². The van der Waals surface area contributed by atoms with Crippen molar-refractivity contribution in [2.45, 2.75) is 0 Å². The molecule has 0 fully saturated rings. The first-order valence-electron chi connectivity index (χ1n) is 6.20. The van der Waals surface area contributed by atoms with E-state index in [1.807, 2.05) is 6.07 Å². The number of imidazole rings is 1. The predicted molar refractivity (Wildman–Crippen MR) is 75.2 cm³/mol. The summed E-state index contributed by atoms with van der Waals surface area (Å²) < 4.78 is 12.5. The molecule has 0 spiro atoms. The Balaban J connectivity index is 2.05.